The van der Waals surface area contributed by atoms with E-state index in [0.29, 0.717) is 18.9 Å². The summed E-state index contributed by atoms with van der Waals surface area (Å²) in [7, 11) is 3.37. The smallest absolute Gasteiger partial charge is 0.310 e. The molecular weight excluding hydrogens is 262 g/mol. The predicted molar refractivity (Wildman–Crippen MR) is 71.9 cm³/mol. The van der Waals surface area contributed by atoms with Crippen LogP contribution in [0.5, 0.6) is 11.5 Å². The second-order valence-electron chi connectivity index (χ2n) is 4.96. The second kappa shape index (κ2) is 6.11. The second-order valence-corrected chi connectivity index (χ2v) is 4.96. The Morgan fingerprint density at radius 2 is 2.25 bits per heavy atom. The first kappa shape index (κ1) is 14.6. The molecule has 1 aliphatic heterocycles. The summed E-state index contributed by atoms with van der Waals surface area (Å²) in [6.45, 7) is 1.08. The maximum atomic E-state index is 11.1. The molecule has 2 N–H and O–H groups in total. The molecule has 2 atom stereocenters. The molecule has 1 heterocycles. The summed E-state index contributed by atoms with van der Waals surface area (Å²) < 4.78 is 10.3. The van der Waals surface area contributed by atoms with Gasteiger partial charge in [0.2, 0.25) is 0 Å². The maximum Gasteiger partial charge on any atom is 0.310 e. The van der Waals surface area contributed by atoms with Gasteiger partial charge in [-0.05, 0) is 13.1 Å². The third kappa shape index (κ3) is 3.02. The summed E-state index contributed by atoms with van der Waals surface area (Å²) >= 11 is 0. The van der Waals surface area contributed by atoms with Crippen LogP contribution in [0.25, 0.3) is 0 Å². The lowest BCUT2D eigenvalue weighted by atomic mass is 10.0. The van der Waals surface area contributed by atoms with Crippen LogP contribution in [0.4, 0.5) is 0 Å². The number of carboxylic acids is 1. The first-order valence-electron chi connectivity index (χ1n) is 6.39. The van der Waals surface area contributed by atoms with Crippen LogP contribution in [0.1, 0.15) is 5.56 Å². The number of hydrogen-bond donors (Lipinski definition) is 2. The Morgan fingerprint density at radius 1 is 1.50 bits per heavy atom. The number of aromatic hydroxyl groups is 1. The Hall–Kier alpha value is -1.79. The fourth-order valence-electron chi connectivity index (χ4n) is 2.40. The SMILES string of the molecule is COc1ccc(CN(C)C2COCC2C(=O)O)c(O)c1. The molecule has 0 spiro atoms. The minimum absolute atomic E-state index is 0.141. The number of methoxy groups -OCH3 is 1. The van der Waals surface area contributed by atoms with E-state index in [4.69, 9.17) is 14.6 Å². The molecule has 110 valence electrons. The molecule has 0 aliphatic carbocycles. The molecule has 0 bridgehead atoms. The zero-order valence-electron chi connectivity index (χ0n) is 11.6. The number of carboxylic acid groups (broad SMARTS) is 1. The number of aliphatic carboxylic acids is 1. The van der Waals surface area contributed by atoms with Crippen LogP contribution in [0.15, 0.2) is 18.2 Å². The van der Waals surface area contributed by atoms with Crippen molar-refractivity contribution in [1.29, 1.82) is 0 Å². The molecule has 0 saturated carbocycles. The van der Waals surface area contributed by atoms with E-state index in [9.17, 15) is 9.90 Å². The Kier molecular flexibility index (Phi) is 4.46. The van der Waals surface area contributed by atoms with Crippen LogP contribution >= 0.6 is 0 Å². The molecule has 1 aliphatic rings. The van der Waals surface area contributed by atoms with Gasteiger partial charge in [-0.15, -0.1) is 0 Å². The number of phenolic OH excluding ortho intramolecular Hbond substituents is 1. The molecule has 0 aromatic heterocycles. The van der Waals surface area contributed by atoms with Crippen molar-refractivity contribution in [3.05, 3.63) is 23.8 Å². The summed E-state index contributed by atoms with van der Waals surface area (Å²) in [6.07, 6.45) is 0. The number of hydrogen-bond acceptors (Lipinski definition) is 5. The van der Waals surface area contributed by atoms with Crippen molar-refractivity contribution in [1.82, 2.24) is 4.90 Å². The van der Waals surface area contributed by atoms with E-state index in [1.165, 1.54) is 7.11 Å². The number of rotatable bonds is 5. The Labute approximate surface area is 117 Å². The molecule has 1 aromatic rings. The molecule has 0 amide bonds. The van der Waals surface area contributed by atoms with E-state index in [2.05, 4.69) is 0 Å². The van der Waals surface area contributed by atoms with Crippen LogP contribution in [0.3, 0.4) is 0 Å². The standard InChI is InChI=1S/C14H19NO5/c1-15(12-8-20-7-11(12)14(17)18)6-9-3-4-10(19-2)5-13(9)16/h3-5,11-12,16H,6-8H2,1-2H3,(H,17,18). The topological polar surface area (TPSA) is 79.2 Å². The van der Waals surface area contributed by atoms with Gasteiger partial charge in [-0.1, -0.05) is 6.07 Å². The zero-order valence-corrected chi connectivity index (χ0v) is 11.6. The fraction of sp³-hybridized carbons (Fsp3) is 0.500. The van der Waals surface area contributed by atoms with E-state index >= 15 is 0 Å². The van der Waals surface area contributed by atoms with Gasteiger partial charge in [-0.2, -0.15) is 0 Å². The lowest BCUT2D eigenvalue weighted by molar-refractivity contribution is -0.143. The molecule has 6 heteroatoms. The van der Waals surface area contributed by atoms with Gasteiger partial charge < -0.3 is 19.7 Å². The number of phenols is 1. The first-order valence-corrected chi connectivity index (χ1v) is 6.39. The third-order valence-corrected chi connectivity index (χ3v) is 3.65. The van der Waals surface area contributed by atoms with Crippen LogP contribution in [0.2, 0.25) is 0 Å². The van der Waals surface area contributed by atoms with Gasteiger partial charge in [0.25, 0.3) is 0 Å². The van der Waals surface area contributed by atoms with Gasteiger partial charge >= 0.3 is 5.97 Å². The molecular formula is C14H19NO5. The van der Waals surface area contributed by atoms with Crippen molar-refractivity contribution in [3.63, 3.8) is 0 Å². The van der Waals surface area contributed by atoms with E-state index in [1.54, 1.807) is 18.2 Å². The average Bonchev–Trinajstić information content (AvgIpc) is 2.90. The van der Waals surface area contributed by atoms with Crippen molar-refractivity contribution in [2.75, 3.05) is 27.4 Å². The number of carbonyl (C=O) groups is 1. The summed E-state index contributed by atoms with van der Waals surface area (Å²) in [6, 6.07) is 4.90. The van der Waals surface area contributed by atoms with E-state index in [1.807, 2.05) is 11.9 Å². The molecule has 6 nitrogen and oxygen atoms in total. The molecule has 20 heavy (non-hydrogen) atoms. The monoisotopic (exact) mass is 281 g/mol. The van der Waals surface area contributed by atoms with Gasteiger partial charge in [0.05, 0.1) is 26.2 Å². The average molecular weight is 281 g/mol. The summed E-state index contributed by atoms with van der Waals surface area (Å²) in [4.78, 5) is 13.0. The first-order chi connectivity index (χ1) is 9.52. The van der Waals surface area contributed by atoms with Crippen LogP contribution < -0.4 is 4.74 Å². The number of benzene rings is 1. The van der Waals surface area contributed by atoms with Crippen molar-refractivity contribution in [3.8, 4) is 11.5 Å². The molecule has 1 aromatic carbocycles. The van der Waals surface area contributed by atoms with Crippen molar-refractivity contribution >= 4 is 5.97 Å². The molecule has 2 unspecified atom stereocenters. The predicted octanol–water partition coefficient (Wildman–Crippen LogP) is 0.932. The minimum atomic E-state index is -0.849. The van der Waals surface area contributed by atoms with Crippen LogP contribution in [0, 0.1) is 5.92 Å². The number of nitrogens with zero attached hydrogens (tertiary/aromatic N) is 1. The van der Waals surface area contributed by atoms with Crippen molar-refractivity contribution in [2.24, 2.45) is 5.92 Å². The van der Waals surface area contributed by atoms with Gasteiger partial charge in [0, 0.05) is 24.2 Å². The summed E-state index contributed by atoms with van der Waals surface area (Å²) in [5.41, 5.74) is 0.726. The summed E-state index contributed by atoms with van der Waals surface area (Å²) in [5.74, 6) is -0.651. The molecule has 0 radical (unpaired) electrons. The van der Waals surface area contributed by atoms with Crippen LogP contribution in [-0.4, -0.2) is 54.5 Å². The van der Waals surface area contributed by atoms with Crippen molar-refractivity contribution < 1.29 is 24.5 Å². The lowest BCUT2D eigenvalue weighted by Crippen LogP contribution is -2.40. The van der Waals surface area contributed by atoms with E-state index < -0.39 is 11.9 Å². The van der Waals surface area contributed by atoms with Gasteiger partial charge in [0.1, 0.15) is 11.5 Å². The van der Waals surface area contributed by atoms with Gasteiger partial charge in [-0.3, -0.25) is 9.69 Å². The molecule has 2 rings (SSSR count). The Morgan fingerprint density at radius 3 is 2.85 bits per heavy atom. The minimum Gasteiger partial charge on any atom is -0.507 e. The van der Waals surface area contributed by atoms with E-state index in [0.717, 1.165) is 5.56 Å². The Bertz CT molecular complexity index is 490. The van der Waals surface area contributed by atoms with Gasteiger partial charge in [-0.25, -0.2) is 0 Å². The highest BCUT2D eigenvalue weighted by Crippen LogP contribution is 2.27. The van der Waals surface area contributed by atoms with Gasteiger partial charge in [0.15, 0.2) is 0 Å². The molecule has 1 saturated heterocycles. The number of ether oxygens (including phenoxy) is 2. The van der Waals surface area contributed by atoms with E-state index in [-0.39, 0.29) is 18.4 Å². The highest BCUT2D eigenvalue weighted by molar-refractivity contribution is 5.71. The fourth-order valence-corrected chi connectivity index (χ4v) is 2.40. The quantitative estimate of drug-likeness (QED) is 0.836. The maximum absolute atomic E-state index is 11.1. The lowest BCUT2D eigenvalue weighted by Gasteiger charge is -2.26. The summed E-state index contributed by atoms with van der Waals surface area (Å²) in [5, 5.41) is 19.1. The highest BCUT2D eigenvalue weighted by Gasteiger charge is 2.36. The van der Waals surface area contributed by atoms with Crippen LogP contribution in [-0.2, 0) is 16.1 Å². The molecule has 1 fully saturated rings. The highest BCUT2D eigenvalue weighted by atomic mass is 16.5. The number of likely N-dealkylation sites (N-methyl/N-ethyl adjacent to an activating group) is 1. The zero-order chi connectivity index (χ0) is 14.7. The Balaban J connectivity index is 2.07. The normalized spacial score (nSPS) is 22.1. The largest absolute Gasteiger partial charge is 0.507 e. The van der Waals surface area contributed by atoms with Crippen molar-refractivity contribution in [2.45, 2.75) is 12.6 Å². The third-order valence-electron chi connectivity index (χ3n) is 3.65.